The Morgan fingerprint density at radius 2 is 2.08 bits per heavy atom. The second kappa shape index (κ2) is 7.53. The van der Waals surface area contributed by atoms with Crippen molar-refractivity contribution in [2.75, 3.05) is 26.8 Å². The van der Waals surface area contributed by atoms with Gasteiger partial charge in [0.15, 0.2) is 5.69 Å². The minimum atomic E-state index is -0.575. The van der Waals surface area contributed by atoms with Crippen LogP contribution in [0.1, 0.15) is 23.3 Å². The Balaban J connectivity index is 1.71. The zero-order valence-electron chi connectivity index (χ0n) is 14.2. The van der Waals surface area contributed by atoms with Crippen molar-refractivity contribution in [3.8, 4) is 11.5 Å². The molecule has 1 amide bonds. The highest BCUT2D eigenvalue weighted by molar-refractivity contribution is 5.94. The molecule has 0 radical (unpaired) electrons. The van der Waals surface area contributed by atoms with E-state index >= 15 is 0 Å². The second-order valence-corrected chi connectivity index (χ2v) is 6.19. The van der Waals surface area contributed by atoms with Crippen LogP contribution in [0.4, 0.5) is 0 Å². The predicted octanol–water partition coefficient (Wildman–Crippen LogP) is 2.49. The molecule has 1 fully saturated rings. The molecule has 0 saturated carbocycles. The van der Waals surface area contributed by atoms with Crippen LogP contribution in [-0.4, -0.2) is 53.3 Å². The third-order valence-electron chi connectivity index (χ3n) is 4.49. The van der Waals surface area contributed by atoms with Crippen LogP contribution in [0.5, 0.6) is 11.5 Å². The van der Waals surface area contributed by atoms with Crippen molar-refractivity contribution in [3.05, 3.63) is 54.4 Å². The van der Waals surface area contributed by atoms with Crippen LogP contribution in [0, 0.1) is 0 Å². The minimum Gasteiger partial charge on any atom is -0.505 e. The van der Waals surface area contributed by atoms with Gasteiger partial charge in [-0.05, 0) is 37.1 Å². The Hall–Kier alpha value is -2.60. The summed E-state index contributed by atoms with van der Waals surface area (Å²) < 4.78 is 11.6. The first kappa shape index (κ1) is 17.2. The highest BCUT2D eigenvalue weighted by Crippen LogP contribution is 2.28. The summed E-state index contributed by atoms with van der Waals surface area (Å²) in [5.41, 5.74) is -0.507. The Kier molecular flexibility index (Phi) is 5.19. The number of aromatic hydroxyl groups is 1. The van der Waals surface area contributed by atoms with Gasteiger partial charge in [-0.3, -0.25) is 4.79 Å². The van der Waals surface area contributed by atoms with Crippen molar-refractivity contribution in [2.24, 2.45) is 0 Å². The standard InChI is InChI=1S/C19H22N2O4/c1-24-19(14-25-15-7-3-2-4-8-15)10-6-12-21(13-19)18(23)17-16(22)9-5-11-20-17/h2-5,7-9,11,22H,6,10,12-14H2,1H3/t19-/m1/s1. The summed E-state index contributed by atoms with van der Waals surface area (Å²) >= 11 is 0. The molecule has 6 nitrogen and oxygen atoms in total. The summed E-state index contributed by atoms with van der Waals surface area (Å²) in [5.74, 6) is 0.366. The van der Waals surface area contributed by atoms with Gasteiger partial charge in [0, 0.05) is 19.9 Å². The average Bonchev–Trinajstić information content (AvgIpc) is 2.67. The van der Waals surface area contributed by atoms with Crippen molar-refractivity contribution < 1.29 is 19.4 Å². The number of aromatic nitrogens is 1. The van der Waals surface area contributed by atoms with Crippen molar-refractivity contribution >= 4 is 5.91 Å². The van der Waals surface area contributed by atoms with Gasteiger partial charge in [0.25, 0.3) is 5.91 Å². The molecule has 25 heavy (non-hydrogen) atoms. The number of amides is 1. The number of carbonyl (C=O) groups is 1. The zero-order chi connectivity index (χ0) is 17.7. The molecule has 3 rings (SSSR count). The summed E-state index contributed by atoms with van der Waals surface area (Å²) in [6.07, 6.45) is 3.10. The molecule has 2 aromatic rings. The van der Waals surface area contributed by atoms with Gasteiger partial charge in [-0.1, -0.05) is 18.2 Å². The Morgan fingerprint density at radius 1 is 1.28 bits per heavy atom. The number of carbonyl (C=O) groups excluding carboxylic acids is 1. The molecule has 0 unspecified atom stereocenters. The number of methoxy groups -OCH3 is 1. The van der Waals surface area contributed by atoms with E-state index in [1.54, 1.807) is 18.1 Å². The maximum Gasteiger partial charge on any atom is 0.276 e. The molecule has 1 atom stereocenters. The molecule has 6 heteroatoms. The van der Waals surface area contributed by atoms with Crippen LogP contribution in [0.3, 0.4) is 0 Å². The minimum absolute atomic E-state index is 0.0679. The number of para-hydroxylation sites is 1. The molecule has 1 saturated heterocycles. The van der Waals surface area contributed by atoms with E-state index in [9.17, 15) is 9.90 Å². The lowest BCUT2D eigenvalue weighted by Gasteiger charge is -2.41. The van der Waals surface area contributed by atoms with Gasteiger partial charge in [0.1, 0.15) is 23.7 Å². The van der Waals surface area contributed by atoms with E-state index in [1.165, 1.54) is 12.3 Å². The Bertz CT molecular complexity index is 722. The van der Waals surface area contributed by atoms with Crippen LogP contribution in [0.15, 0.2) is 48.7 Å². The van der Waals surface area contributed by atoms with Crippen LogP contribution in [0.25, 0.3) is 0 Å². The molecule has 0 spiro atoms. The third-order valence-corrected chi connectivity index (χ3v) is 4.49. The fourth-order valence-corrected chi connectivity index (χ4v) is 3.06. The smallest absolute Gasteiger partial charge is 0.276 e. The van der Waals surface area contributed by atoms with Gasteiger partial charge in [0.05, 0.1) is 6.54 Å². The summed E-state index contributed by atoms with van der Waals surface area (Å²) in [5, 5.41) is 9.88. The van der Waals surface area contributed by atoms with E-state index in [0.717, 1.165) is 18.6 Å². The quantitative estimate of drug-likeness (QED) is 0.904. The number of hydrogen-bond donors (Lipinski definition) is 1. The van der Waals surface area contributed by atoms with Crippen LogP contribution < -0.4 is 4.74 Å². The van der Waals surface area contributed by atoms with Gasteiger partial charge in [-0.25, -0.2) is 4.98 Å². The normalized spacial score (nSPS) is 20.3. The molecule has 0 aliphatic carbocycles. The molecule has 0 bridgehead atoms. The lowest BCUT2D eigenvalue weighted by atomic mass is 9.93. The number of likely N-dealkylation sites (tertiary alicyclic amines) is 1. The first-order valence-corrected chi connectivity index (χ1v) is 8.30. The number of nitrogens with zero attached hydrogens (tertiary/aromatic N) is 2. The first-order chi connectivity index (χ1) is 12.1. The molecule has 1 aliphatic rings. The Morgan fingerprint density at radius 3 is 2.80 bits per heavy atom. The van der Waals surface area contributed by atoms with E-state index in [1.807, 2.05) is 30.3 Å². The summed E-state index contributed by atoms with van der Waals surface area (Å²) in [6.45, 7) is 1.35. The van der Waals surface area contributed by atoms with Gasteiger partial charge >= 0.3 is 0 Å². The SMILES string of the molecule is CO[C@]1(COc2ccccc2)CCCN(C(=O)c2ncccc2O)C1. The van der Waals surface area contributed by atoms with Gasteiger partial charge in [-0.15, -0.1) is 0 Å². The maximum absolute atomic E-state index is 12.7. The van der Waals surface area contributed by atoms with Crippen LogP contribution in [0.2, 0.25) is 0 Å². The fraction of sp³-hybridized carbons (Fsp3) is 0.368. The number of piperidine rings is 1. The summed E-state index contributed by atoms with van der Waals surface area (Å²) in [4.78, 5) is 18.4. The van der Waals surface area contributed by atoms with Crippen molar-refractivity contribution in [3.63, 3.8) is 0 Å². The number of pyridine rings is 1. The van der Waals surface area contributed by atoms with Crippen LogP contribution in [-0.2, 0) is 4.74 Å². The number of benzene rings is 1. The van der Waals surface area contributed by atoms with Gasteiger partial charge in [0.2, 0.25) is 0 Å². The van der Waals surface area contributed by atoms with E-state index in [4.69, 9.17) is 9.47 Å². The molecule has 1 aliphatic heterocycles. The zero-order valence-corrected chi connectivity index (χ0v) is 14.2. The van der Waals surface area contributed by atoms with Gasteiger partial charge < -0.3 is 19.5 Å². The Labute approximate surface area is 147 Å². The van der Waals surface area contributed by atoms with Crippen molar-refractivity contribution in [1.82, 2.24) is 9.88 Å². The lowest BCUT2D eigenvalue weighted by molar-refractivity contribution is -0.0825. The third kappa shape index (κ3) is 3.91. The first-order valence-electron chi connectivity index (χ1n) is 8.30. The molecule has 2 heterocycles. The highest BCUT2D eigenvalue weighted by Gasteiger charge is 2.39. The number of hydrogen-bond acceptors (Lipinski definition) is 5. The number of rotatable bonds is 5. The summed E-state index contributed by atoms with van der Waals surface area (Å²) in [6, 6.07) is 12.6. The molecule has 1 aromatic carbocycles. The van der Waals surface area contributed by atoms with E-state index < -0.39 is 5.60 Å². The maximum atomic E-state index is 12.7. The second-order valence-electron chi connectivity index (χ2n) is 6.19. The lowest BCUT2D eigenvalue weighted by Crippen LogP contribution is -2.54. The number of ether oxygens (including phenoxy) is 2. The topological polar surface area (TPSA) is 71.9 Å². The predicted molar refractivity (Wildman–Crippen MR) is 92.7 cm³/mol. The molecule has 1 N–H and O–H groups in total. The highest BCUT2D eigenvalue weighted by atomic mass is 16.5. The van der Waals surface area contributed by atoms with Crippen molar-refractivity contribution in [1.29, 1.82) is 0 Å². The molecular weight excluding hydrogens is 320 g/mol. The summed E-state index contributed by atoms with van der Waals surface area (Å²) in [7, 11) is 1.64. The fourth-order valence-electron chi connectivity index (χ4n) is 3.06. The molecule has 132 valence electrons. The van der Waals surface area contributed by atoms with Crippen molar-refractivity contribution in [2.45, 2.75) is 18.4 Å². The molecule has 1 aromatic heterocycles. The average molecular weight is 342 g/mol. The van der Waals surface area contributed by atoms with Crippen LogP contribution >= 0.6 is 0 Å². The monoisotopic (exact) mass is 342 g/mol. The van der Waals surface area contributed by atoms with E-state index in [-0.39, 0.29) is 17.4 Å². The molecular formula is C19H22N2O4. The van der Waals surface area contributed by atoms with Gasteiger partial charge in [-0.2, -0.15) is 0 Å². The van der Waals surface area contributed by atoms with E-state index in [2.05, 4.69) is 4.98 Å². The largest absolute Gasteiger partial charge is 0.505 e. The van der Waals surface area contributed by atoms with E-state index in [0.29, 0.717) is 19.7 Å².